The fraction of sp³-hybridized carbons (Fsp3) is 0. The summed E-state index contributed by atoms with van der Waals surface area (Å²) in [5, 5.41) is 7.64. The van der Waals surface area contributed by atoms with E-state index in [0.29, 0.717) is 0 Å². The van der Waals surface area contributed by atoms with Crippen LogP contribution in [0.2, 0.25) is 0 Å². The van der Waals surface area contributed by atoms with Gasteiger partial charge in [0.25, 0.3) is 0 Å². The highest BCUT2D eigenvalue weighted by Gasteiger charge is 2.19. The van der Waals surface area contributed by atoms with Crippen LogP contribution in [0.4, 0.5) is 17.1 Å². The molecule has 0 spiro atoms. The van der Waals surface area contributed by atoms with Crippen LogP contribution in [0, 0.1) is 0 Å². The summed E-state index contributed by atoms with van der Waals surface area (Å²) in [5.74, 6) is 0. The van der Waals surface area contributed by atoms with Gasteiger partial charge in [-0.3, -0.25) is 0 Å². The summed E-state index contributed by atoms with van der Waals surface area (Å²) in [6.45, 7) is 0. The highest BCUT2D eigenvalue weighted by atomic mass is 15.1. The van der Waals surface area contributed by atoms with E-state index in [1.165, 1.54) is 65.7 Å². The van der Waals surface area contributed by atoms with Crippen molar-refractivity contribution >= 4 is 49.4 Å². The van der Waals surface area contributed by atoms with Crippen LogP contribution in [-0.4, -0.2) is 0 Å². The lowest BCUT2D eigenvalue weighted by Gasteiger charge is -2.28. The molecule has 0 aliphatic heterocycles. The van der Waals surface area contributed by atoms with E-state index in [2.05, 4.69) is 205 Å². The van der Waals surface area contributed by atoms with E-state index in [1.54, 1.807) is 0 Å². The van der Waals surface area contributed by atoms with E-state index in [9.17, 15) is 0 Å². The number of benzene rings is 9. The molecule has 49 heavy (non-hydrogen) atoms. The molecule has 0 aliphatic rings. The minimum Gasteiger partial charge on any atom is -0.310 e. The van der Waals surface area contributed by atoms with E-state index in [1.807, 2.05) is 0 Å². The Morgan fingerprint density at radius 3 is 1.20 bits per heavy atom. The molecular weight excluding hydrogens is 591 g/mol. The largest absolute Gasteiger partial charge is 0.310 e. The molecule has 0 aliphatic carbocycles. The SMILES string of the molecule is c1ccc(-c2ccc(-c3ccc(N(c4ccc5c6ccccc6c6ccccc6c5c4)c4ccccc4-c4ccccc4)cc3)cc2)cc1. The lowest BCUT2D eigenvalue weighted by Crippen LogP contribution is -2.11. The van der Waals surface area contributed by atoms with Gasteiger partial charge in [-0.25, -0.2) is 0 Å². The van der Waals surface area contributed by atoms with Gasteiger partial charge in [0.15, 0.2) is 0 Å². The predicted molar refractivity (Wildman–Crippen MR) is 210 cm³/mol. The van der Waals surface area contributed by atoms with Crippen molar-refractivity contribution in [3.8, 4) is 33.4 Å². The van der Waals surface area contributed by atoms with Crippen molar-refractivity contribution in [1.29, 1.82) is 0 Å². The number of hydrogen-bond acceptors (Lipinski definition) is 1. The Labute approximate surface area is 287 Å². The molecule has 230 valence electrons. The molecule has 0 saturated carbocycles. The molecule has 0 saturated heterocycles. The molecule has 0 N–H and O–H groups in total. The fourth-order valence-corrected chi connectivity index (χ4v) is 7.28. The van der Waals surface area contributed by atoms with Gasteiger partial charge in [0.1, 0.15) is 0 Å². The predicted octanol–water partition coefficient (Wildman–Crippen LogP) is 13.6. The Balaban J connectivity index is 1.21. The summed E-state index contributed by atoms with van der Waals surface area (Å²) in [6.07, 6.45) is 0. The van der Waals surface area contributed by atoms with E-state index in [0.717, 1.165) is 17.1 Å². The summed E-state index contributed by atoms with van der Waals surface area (Å²) in [6, 6.07) is 72.4. The molecule has 9 aromatic carbocycles. The Morgan fingerprint density at radius 1 is 0.245 bits per heavy atom. The average molecular weight is 624 g/mol. The molecule has 0 fully saturated rings. The zero-order valence-electron chi connectivity index (χ0n) is 27.0. The highest BCUT2D eigenvalue weighted by Crippen LogP contribution is 2.44. The minimum absolute atomic E-state index is 1.11. The van der Waals surface area contributed by atoms with Gasteiger partial charge < -0.3 is 4.90 Å². The molecule has 1 nitrogen and oxygen atoms in total. The lowest BCUT2D eigenvalue weighted by molar-refractivity contribution is 1.29. The summed E-state index contributed by atoms with van der Waals surface area (Å²) < 4.78 is 0. The summed E-state index contributed by atoms with van der Waals surface area (Å²) in [4.78, 5) is 2.41. The number of hydrogen-bond donors (Lipinski definition) is 0. The molecule has 9 aromatic rings. The first-order valence-electron chi connectivity index (χ1n) is 16.9. The topological polar surface area (TPSA) is 3.24 Å². The van der Waals surface area contributed by atoms with Crippen LogP contribution in [-0.2, 0) is 0 Å². The smallest absolute Gasteiger partial charge is 0.0540 e. The molecular formula is C48H33N. The third-order valence-electron chi connectivity index (χ3n) is 9.67. The van der Waals surface area contributed by atoms with Gasteiger partial charge in [-0.15, -0.1) is 0 Å². The summed E-state index contributed by atoms with van der Waals surface area (Å²) >= 11 is 0. The number of anilines is 3. The molecule has 0 radical (unpaired) electrons. The first-order chi connectivity index (χ1) is 24.3. The Bertz CT molecular complexity index is 2530. The van der Waals surface area contributed by atoms with Gasteiger partial charge in [-0.1, -0.05) is 170 Å². The Hall–Kier alpha value is -6.44. The van der Waals surface area contributed by atoms with Crippen molar-refractivity contribution in [2.45, 2.75) is 0 Å². The lowest BCUT2D eigenvalue weighted by atomic mass is 9.93. The van der Waals surface area contributed by atoms with Crippen molar-refractivity contribution in [1.82, 2.24) is 0 Å². The molecule has 0 amide bonds. The van der Waals surface area contributed by atoms with Crippen molar-refractivity contribution in [2.75, 3.05) is 4.90 Å². The standard InChI is InChI=1S/C48H33N/c1-3-13-34(14-4-1)35-23-25-36(26-24-35)37-27-29-39(30-28-37)49(48-22-12-11-17-41(48)38-15-5-2-6-16-38)40-31-32-46-44-20-8-7-18-42(44)43-19-9-10-21-45(43)47(46)33-40/h1-33H. The molecule has 1 heteroatoms. The Morgan fingerprint density at radius 2 is 0.633 bits per heavy atom. The first-order valence-corrected chi connectivity index (χ1v) is 16.9. The van der Waals surface area contributed by atoms with Crippen LogP contribution < -0.4 is 4.90 Å². The molecule has 0 aromatic heterocycles. The third-order valence-corrected chi connectivity index (χ3v) is 9.67. The second-order valence-electron chi connectivity index (χ2n) is 12.5. The van der Waals surface area contributed by atoms with Gasteiger partial charge in [0, 0.05) is 16.9 Å². The zero-order valence-corrected chi connectivity index (χ0v) is 27.0. The van der Waals surface area contributed by atoms with Gasteiger partial charge in [0.05, 0.1) is 5.69 Å². The third kappa shape index (κ3) is 5.23. The Kier molecular flexibility index (Phi) is 7.22. The van der Waals surface area contributed by atoms with Crippen molar-refractivity contribution in [2.24, 2.45) is 0 Å². The van der Waals surface area contributed by atoms with Gasteiger partial charge in [-0.2, -0.15) is 0 Å². The maximum atomic E-state index is 2.41. The molecule has 9 rings (SSSR count). The molecule has 0 atom stereocenters. The van der Waals surface area contributed by atoms with Crippen molar-refractivity contribution in [3.05, 3.63) is 200 Å². The van der Waals surface area contributed by atoms with Gasteiger partial charge in [0.2, 0.25) is 0 Å². The monoisotopic (exact) mass is 623 g/mol. The van der Waals surface area contributed by atoms with Crippen LogP contribution in [0.1, 0.15) is 0 Å². The normalized spacial score (nSPS) is 11.3. The summed E-state index contributed by atoms with van der Waals surface area (Å²) in [7, 11) is 0. The number of nitrogens with zero attached hydrogens (tertiary/aromatic N) is 1. The van der Waals surface area contributed by atoms with E-state index in [-0.39, 0.29) is 0 Å². The number of rotatable bonds is 6. The number of fused-ring (bicyclic) bond motifs is 6. The second kappa shape index (κ2) is 12.3. The maximum absolute atomic E-state index is 2.41. The first kappa shape index (κ1) is 28.8. The summed E-state index contributed by atoms with van der Waals surface area (Å²) in [5.41, 5.74) is 10.6. The van der Waals surface area contributed by atoms with Crippen LogP contribution in [0.15, 0.2) is 200 Å². The fourth-order valence-electron chi connectivity index (χ4n) is 7.28. The maximum Gasteiger partial charge on any atom is 0.0540 e. The van der Waals surface area contributed by atoms with Crippen molar-refractivity contribution < 1.29 is 0 Å². The molecule has 0 unspecified atom stereocenters. The van der Waals surface area contributed by atoms with Gasteiger partial charge in [-0.05, 0) is 90.5 Å². The quantitative estimate of drug-likeness (QED) is 0.167. The molecule has 0 heterocycles. The van der Waals surface area contributed by atoms with Crippen LogP contribution in [0.3, 0.4) is 0 Å². The average Bonchev–Trinajstić information content (AvgIpc) is 3.19. The van der Waals surface area contributed by atoms with E-state index < -0.39 is 0 Å². The minimum atomic E-state index is 1.11. The van der Waals surface area contributed by atoms with E-state index in [4.69, 9.17) is 0 Å². The molecule has 0 bridgehead atoms. The van der Waals surface area contributed by atoms with Crippen LogP contribution >= 0.6 is 0 Å². The van der Waals surface area contributed by atoms with E-state index >= 15 is 0 Å². The van der Waals surface area contributed by atoms with Crippen molar-refractivity contribution in [3.63, 3.8) is 0 Å². The second-order valence-corrected chi connectivity index (χ2v) is 12.5. The van der Waals surface area contributed by atoms with Crippen LogP contribution in [0.25, 0.3) is 65.7 Å². The number of para-hydroxylation sites is 1. The van der Waals surface area contributed by atoms with Gasteiger partial charge >= 0.3 is 0 Å². The highest BCUT2D eigenvalue weighted by molar-refractivity contribution is 6.25. The zero-order chi connectivity index (χ0) is 32.6. The van der Waals surface area contributed by atoms with Crippen LogP contribution in [0.5, 0.6) is 0 Å².